The summed E-state index contributed by atoms with van der Waals surface area (Å²) in [5.41, 5.74) is 0.0806. The summed E-state index contributed by atoms with van der Waals surface area (Å²) in [4.78, 5) is 23.6. The third-order valence-corrected chi connectivity index (χ3v) is 4.17. The number of hydrogen-bond donors (Lipinski definition) is 2. The van der Waals surface area contributed by atoms with Gasteiger partial charge >= 0.3 is 5.97 Å². The van der Waals surface area contributed by atoms with Crippen LogP contribution in [-0.4, -0.2) is 32.9 Å². The Balaban J connectivity index is 1.69. The van der Waals surface area contributed by atoms with Crippen LogP contribution in [0.3, 0.4) is 0 Å². The van der Waals surface area contributed by atoms with Gasteiger partial charge in [-0.3, -0.25) is 9.48 Å². The first-order chi connectivity index (χ1) is 11.3. The van der Waals surface area contributed by atoms with E-state index < -0.39 is 17.6 Å². The maximum atomic E-state index is 12.3. The maximum Gasteiger partial charge on any atom is 0.331 e. The lowest BCUT2D eigenvalue weighted by molar-refractivity contribution is -0.146. The molecular weight excluding hydrogens is 334 g/mol. The zero-order valence-electron chi connectivity index (χ0n) is 13.1. The van der Waals surface area contributed by atoms with Gasteiger partial charge in [-0.1, -0.05) is 11.6 Å². The zero-order valence-corrected chi connectivity index (χ0v) is 13.9. The Morgan fingerprint density at radius 2 is 2.21 bits per heavy atom. The molecule has 126 valence electrons. The van der Waals surface area contributed by atoms with Crippen LogP contribution in [0.2, 0.25) is 5.02 Å². The van der Waals surface area contributed by atoms with Gasteiger partial charge in [0, 0.05) is 17.6 Å². The number of carbonyl (C=O) groups is 2. The highest BCUT2D eigenvalue weighted by Gasteiger charge is 2.32. The molecule has 0 bridgehead atoms. The average molecular weight is 350 g/mol. The van der Waals surface area contributed by atoms with E-state index in [2.05, 4.69) is 10.4 Å². The lowest BCUT2D eigenvalue weighted by atomic mass is 10.1. The highest BCUT2D eigenvalue weighted by atomic mass is 35.5. The topological polar surface area (TPSA) is 93.5 Å². The average Bonchev–Trinajstić information content (AvgIpc) is 3.13. The van der Waals surface area contributed by atoms with E-state index in [0.717, 1.165) is 5.56 Å². The fourth-order valence-corrected chi connectivity index (χ4v) is 2.57. The van der Waals surface area contributed by atoms with Crippen molar-refractivity contribution in [2.45, 2.75) is 31.9 Å². The van der Waals surface area contributed by atoms with Crippen molar-refractivity contribution < 1.29 is 19.4 Å². The van der Waals surface area contributed by atoms with E-state index in [9.17, 15) is 14.7 Å². The molecule has 1 aromatic heterocycles. The molecule has 1 aromatic carbocycles. The largest absolute Gasteiger partial charge is 0.480 e. The van der Waals surface area contributed by atoms with Crippen molar-refractivity contribution in [1.82, 2.24) is 9.78 Å². The summed E-state index contributed by atoms with van der Waals surface area (Å²) < 4.78 is 6.90. The van der Waals surface area contributed by atoms with Gasteiger partial charge in [-0.15, -0.1) is 0 Å². The Kier molecular flexibility index (Phi) is 3.96. The van der Waals surface area contributed by atoms with Gasteiger partial charge in [-0.05, 0) is 37.6 Å². The molecule has 0 spiro atoms. The number of ether oxygens (including phenoxy) is 1. The standard InChI is InChI=1S/C16H16ClN3O4/c1-16(2,15(22)23)20-8-11(7-18-20)19-14(21)13-6-9-5-10(17)3-4-12(9)24-13/h3-5,7-8,13H,6H2,1-2H3,(H,19,21)(H,22,23). The number of nitrogens with zero attached hydrogens (tertiary/aromatic N) is 2. The van der Waals surface area contributed by atoms with Gasteiger partial charge in [-0.25, -0.2) is 4.79 Å². The van der Waals surface area contributed by atoms with Gasteiger partial charge in [0.05, 0.1) is 11.9 Å². The van der Waals surface area contributed by atoms with Crippen molar-refractivity contribution in [2.75, 3.05) is 5.32 Å². The Morgan fingerprint density at radius 3 is 2.92 bits per heavy atom. The number of amides is 1. The molecule has 24 heavy (non-hydrogen) atoms. The SMILES string of the molecule is CC(C)(C(=O)O)n1cc(NC(=O)C2Cc3cc(Cl)ccc3O2)cn1. The molecule has 1 aliphatic heterocycles. The summed E-state index contributed by atoms with van der Waals surface area (Å²) in [6.07, 6.45) is 2.65. The van der Waals surface area contributed by atoms with Crippen LogP contribution >= 0.6 is 11.6 Å². The molecule has 0 aliphatic carbocycles. The third kappa shape index (κ3) is 2.94. The number of hydrogen-bond acceptors (Lipinski definition) is 4. The molecule has 1 atom stereocenters. The highest BCUT2D eigenvalue weighted by Crippen LogP contribution is 2.31. The van der Waals surface area contributed by atoms with Crippen molar-refractivity contribution in [3.63, 3.8) is 0 Å². The van der Waals surface area contributed by atoms with Crippen molar-refractivity contribution in [3.05, 3.63) is 41.2 Å². The molecule has 2 aromatic rings. The zero-order chi connectivity index (χ0) is 17.5. The number of carbonyl (C=O) groups excluding carboxylic acids is 1. The van der Waals surface area contributed by atoms with E-state index >= 15 is 0 Å². The first-order valence-corrected chi connectivity index (χ1v) is 7.69. The molecule has 2 heterocycles. The molecule has 0 saturated carbocycles. The Bertz CT molecular complexity index is 815. The van der Waals surface area contributed by atoms with E-state index in [1.807, 2.05) is 0 Å². The number of carboxylic acids is 1. The van der Waals surface area contributed by atoms with Crippen molar-refractivity contribution in [2.24, 2.45) is 0 Å². The summed E-state index contributed by atoms with van der Waals surface area (Å²) in [6.45, 7) is 3.04. The van der Waals surface area contributed by atoms with Crippen LogP contribution in [0.15, 0.2) is 30.6 Å². The fraction of sp³-hybridized carbons (Fsp3) is 0.312. The van der Waals surface area contributed by atoms with Crippen LogP contribution in [0.5, 0.6) is 5.75 Å². The quantitative estimate of drug-likeness (QED) is 0.883. The predicted molar refractivity (Wildman–Crippen MR) is 87.4 cm³/mol. The van der Waals surface area contributed by atoms with Gasteiger partial charge in [0.15, 0.2) is 11.6 Å². The summed E-state index contributed by atoms with van der Waals surface area (Å²) in [5.74, 6) is -0.702. The molecule has 0 radical (unpaired) electrons. The van der Waals surface area contributed by atoms with Crippen molar-refractivity contribution in [1.29, 1.82) is 0 Å². The van der Waals surface area contributed by atoms with Crippen molar-refractivity contribution in [3.8, 4) is 5.75 Å². The van der Waals surface area contributed by atoms with E-state index in [1.54, 1.807) is 18.2 Å². The first kappa shape index (κ1) is 16.3. The van der Waals surface area contributed by atoms with Crippen molar-refractivity contribution >= 4 is 29.2 Å². The van der Waals surface area contributed by atoms with Crippen LogP contribution in [0.1, 0.15) is 19.4 Å². The molecule has 7 nitrogen and oxygen atoms in total. The molecule has 1 aliphatic rings. The number of benzene rings is 1. The second-order valence-electron chi connectivity index (χ2n) is 6.09. The van der Waals surface area contributed by atoms with Crippen LogP contribution in [0.4, 0.5) is 5.69 Å². The number of aromatic nitrogens is 2. The number of halogens is 1. The predicted octanol–water partition coefficient (Wildman–Crippen LogP) is 2.30. The third-order valence-electron chi connectivity index (χ3n) is 3.94. The van der Waals surface area contributed by atoms with E-state index in [4.69, 9.17) is 16.3 Å². The Hall–Kier alpha value is -2.54. The number of nitrogens with one attached hydrogen (secondary N) is 1. The minimum Gasteiger partial charge on any atom is -0.480 e. The van der Waals surface area contributed by atoms with E-state index in [1.165, 1.54) is 30.9 Å². The normalized spacial score (nSPS) is 16.4. The highest BCUT2D eigenvalue weighted by molar-refractivity contribution is 6.30. The van der Waals surface area contributed by atoms with Gasteiger partial charge < -0.3 is 15.2 Å². The minimum atomic E-state index is -1.21. The molecule has 0 fully saturated rings. The van der Waals surface area contributed by atoms with Gasteiger partial charge in [0.25, 0.3) is 5.91 Å². The molecule has 1 amide bonds. The van der Waals surface area contributed by atoms with Gasteiger partial charge in [0.1, 0.15) is 5.75 Å². The fourth-order valence-electron chi connectivity index (χ4n) is 2.38. The monoisotopic (exact) mass is 349 g/mol. The maximum absolute atomic E-state index is 12.3. The second kappa shape index (κ2) is 5.83. The molecular formula is C16H16ClN3O4. The molecule has 1 unspecified atom stereocenters. The number of anilines is 1. The summed E-state index contributed by atoms with van der Waals surface area (Å²) in [6, 6.07) is 5.22. The van der Waals surface area contributed by atoms with Crippen LogP contribution in [-0.2, 0) is 21.5 Å². The van der Waals surface area contributed by atoms with Gasteiger partial charge in [-0.2, -0.15) is 5.10 Å². The minimum absolute atomic E-state index is 0.324. The Morgan fingerprint density at radius 1 is 1.46 bits per heavy atom. The lowest BCUT2D eigenvalue weighted by Gasteiger charge is -2.19. The second-order valence-corrected chi connectivity index (χ2v) is 6.53. The summed E-state index contributed by atoms with van der Waals surface area (Å²) >= 11 is 5.94. The lowest BCUT2D eigenvalue weighted by Crippen LogP contribution is -2.36. The number of fused-ring (bicyclic) bond motifs is 1. The summed E-state index contributed by atoms with van der Waals surface area (Å²) in [5, 5.41) is 16.5. The number of carboxylic acid groups (broad SMARTS) is 1. The number of rotatable bonds is 4. The first-order valence-electron chi connectivity index (χ1n) is 7.32. The molecule has 8 heteroatoms. The van der Waals surface area contributed by atoms with E-state index in [-0.39, 0.29) is 5.91 Å². The molecule has 2 N–H and O–H groups in total. The van der Waals surface area contributed by atoms with E-state index in [0.29, 0.717) is 22.9 Å². The summed E-state index contributed by atoms with van der Waals surface area (Å²) in [7, 11) is 0. The van der Waals surface area contributed by atoms with Crippen LogP contribution in [0.25, 0.3) is 0 Å². The smallest absolute Gasteiger partial charge is 0.331 e. The Labute approximate surface area is 143 Å². The van der Waals surface area contributed by atoms with Crippen LogP contribution < -0.4 is 10.1 Å². The van der Waals surface area contributed by atoms with Gasteiger partial charge in [0.2, 0.25) is 0 Å². The molecule has 3 rings (SSSR count). The van der Waals surface area contributed by atoms with Crippen LogP contribution in [0, 0.1) is 0 Å². The number of aliphatic carboxylic acids is 1. The molecule has 0 saturated heterocycles.